The van der Waals surface area contributed by atoms with Crippen LogP contribution in [0.25, 0.3) is 33.2 Å². The number of pyridine rings is 1. The number of nitrogens with zero attached hydrogens (tertiary/aromatic N) is 4. The monoisotopic (exact) mass is 487 g/mol. The number of anilines is 1. The molecule has 2 N–H and O–H groups in total. The summed E-state index contributed by atoms with van der Waals surface area (Å²) in [6, 6.07) is 8.27. The number of fused-ring (bicyclic) bond motifs is 2. The van der Waals surface area contributed by atoms with Gasteiger partial charge in [0.05, 0.1) is 24.4 Å². The van der Waals surface area contributed by atoms with Gasteiger partial charge in [-0.3, -0.25) is 13.8 Å². The van der Waals surface area contributed by atoms with E-state index in [9.17, 15) is 13.6 Å². The normalized spacial score (nSPS) is 17.4. The first-order valence-electron chi connectivity index (χ1n) is 11.7. The lowest BCUT2D eigenvalue weighted by molar-refractivity contribution is 0.277. The van der Waals surface area contributed by atoms with E-state index in [1.54, 1.807) is 18.3 Å². The zero-order valence-corrected chi connectivity index (χ0v) is 19.7. The molecule has 1 fully saturated rings. The fourth-order valence-electron chi connectivity index (χ4n) is 5.16. The van der Waals surface area contributed by atoms with Crippen LogP contribution in [-0.4, -0.2) is 26.0 Å². The standard InChI is InChI=1S/C27H23F2N5O2/c1-14-9-16(10-14)26-32-23(24-25(30)31-7-8-33(24)26)15-3-5-18-19(11-15)27(35)34(13-22(18)36-2)21-12-17(28)4-6-20(21)29/h3-8,11-14,16H,9-10H2,1-2H3,(H2,30,31). The third-order valence-corrected chi connectivity index (χ3v) is 6.99. The highest BCUT2D eigenvalue weighted by Crippen LogP contribution is 2.43. The number of hydrogen-bond acceptors (Lipinski definition) is 5. The molecule has 1 aliphatic carbocycles. The second-order valence-corrected chi connectivity index (χ2v) is 9.35. The Balaban J connectivity index is 1.60. The molecular weight excluding hydrogens is 464 g/mol. The molecule has 36 heavy (non-hydrogen) atoms. The van der Waals surface area contributed by atoms with Crippen LogP contribution in [-0.2, 0) is 0 Å². The van der Waals surface area contributed by atoms with E-state index < -0.39 is 17.2 Å². The van der Waals surface area contributed by atoms with Gasteiger partial charge in [-0.05, 0) is 43.0 Å². The van der Waals surface area contributed by atoms with Crippen LogP contribution < -0.4 is 16.0 Å². The van der Waals surface area contributed by atoms with Gasteiger partial charge in [-0.25, -0.2) is 18.7 Å². The van der Waals surface area contributed by atoms with Gasteiger partial charge in [0.25, 0.3) is 5.56 Å². The summed E-state index contributed by atoms with van der Waals surface area (Å²) < 4.78 is 37.0. The van der Waals surface area contributed by atoms with Crippen LogP contribution in [0.1, 0.15) is 31.5 Å². The van der Waals surface area contributed by atoms with Crippen molar-refractivity contribution in [1.82, 2.24) is 18.9 Å². The summed E-state index contributed by atoms with van der Waals surface area (Å²) in [5.41, 5.74) is 7.51. The predicted molar refractivity (Wildman–Crippen MR) is 134 cm³/mol. The molecule has 5 aromatic rings. The Hall–Kier alpha value is -4.27. The predicted octanol–water partition coefficient (Wildman–Crippen LogP) is 5.08. The number of ether oxygens (including phenoxy) is 1. The molecule has 9 heteroatoms. The quantitative estimate of drug-likeness (QED) is 0.382. The number of halogens is 2. The molecule has 7 nitrogen and oxygen atoms in total. The number of nitrogen functional groups attached to an aromatic ring is 1. The van der Waals surface area contributed by atoms with Gasteiger partial charge in [0, 0.05) is 35.3 Å². The molecule has 0 spiro atoms. The van der Waals surface area contributed by atoms with Crippen molar-refractivity contribution >= 4 is 22.1 Å². The zero-order chi connectivity index (χ0) is 25.1. The molecule has 0 saturated heterocycles. The van der Waals surface area contributed by atoms with Gasteiger partial charge in [-0.2, -0.15) is 0 Å². The maximum Gasteiger partial charge on any atom is 0.263 e. The molecule has 0 radical (unpaired) electrons. The number of hydrogen-bond donors (Lipinski definition) is 1. The van der Waals surface area contributed by atoms with Crippen LogP contribution in [0.5, 0.6) is 5.75 Å². The van der Waals surface area contributed by atoms with E-state index in [2.05, 4.69) is 11.9 Å². The van der Waals surface area contributed by atoms with E-state index in [0.717, 1.165) is 41.4 Å². The van der Waals surface area contributed by atoms with Gasteiger partial charge in [-0.15, -0.1) is 0 Å². The summed E-state index contributed by atoms with van der Waals surface area (Å²) in [7, 11) is 1.46. The van der Waals surface area contributed by atoms with Gasteiger partial charge in [-0.1, -0.05) is 13.0 Å². The number of methoxy groups -OCH3 is 1. The third-order valence-electron chi connectivity index (χ3n) is 6.99. The molecule has 0 aliphatic heterocycles. The van der Waals surface area contributed by atoms with Crippen molar-refractivity contribution in [3.05, 3.63) is 82.8 Å². The van der Waals surface area contributed by atoms with Gasteiger partial charge in [0.15, 0.2) is 0 Å². The van der Waals surface area contributed by atoms with Crippen molar-refractivity contribution in [3.8, 4) is 22.7 Å². The van der Waals surface area contributed by atoms with Gasteiger partial charge >= 0.3 is 0 Å². The van der Waals surface area contributed by atoms with E-state index in [0.29, 0.717) is 45.6 Å². The van der Waals surface area contributed by atoms with Crippen molar-refractivity contribution in [1.29, 1.82) is 0 Å². The molecule has 0 amide bonds. The number of rotatable bonds is 4. The minimum Gasteiger partial charge on any atom is -0.495 e. The van der Waals surface area contributed by atoms with E-state index in [1.807, 2.05) is 16.7 Å². The molecule has 0 bridgehead atoms. The fourth-order valence-corrected chi connectivity index (χ4v) is 5.16. The minimum atomic E-state index is -0.727. The molecule has 0 unspecified atom stereocenters. The van der Waals surface area contributed by atoms with E-state index in [1.165, 1.54) is 13.3 Å². The van der Waals surface area contributed by atoms with Crippen LogP contribution in [0, 0.1) is 17.6 Å². The fraction of sp³-hybridized carbons (Fsp3) is 0.222. The average molecular weight is 488 g/mol. The SMILES string of the molecule is COc1cn(-c2cc(F)ccc2F)c(=O)c2cc(-c3nc(C4CC(C)C4)n4ccnc(N)c34)ccc12. The Kier molecular flexibility index (Phi) is 5.03. The summed E-state index contributed by atoms with van der Waals surface area (Å²) in [5, 5.41) is 0.819. The van der Waals surface area contributed by atoms with E-state index in [-0.39, 0.29) is 11.1 Å². The second kappa shape index (κ2) is 8.15. The van der Waals surface area contributed by atoms with Crippen LogP contribution in [0.3, 0.4) is 0 Å². The zero-order valence-electron chi connectivity index (χ0n) is 19.7. The Labute approximate surface area is 204 Å². The first-order chi connectivity index (χ1) is 17.4. The summed E-state index contributed by atoms with van der Waals surface area (Å²) in [6.07, 6.45) is 6.95. The Morgan fingerprint density at radius 2 is 1.92 bits per heavy atom. The lowest BCUT2D eigenvalue weighted by Gasteiger charge is -2.31. The van der Waals surface area contributed by atoms with Crippen molar-refractivity contribution < 1.29 is 13.5 Å². The number of benzene rings is 2. The van der Waals surface area contributed by atoms with Gasteiger partial charge in [0.1, 0.15) is 40.2 Å². The molecular formula is C27H23F2N5O2. The van der Waals surface area contributed by atoms with Crippen molar-refractivity contribution in [2.75, 3.05) is 12.8 Å². The first-order valence-corrected chi connectivity index (χ1v) is 11.7. The molecule has 3 heterocycles. The van der Waals surface area contributed by atoms with Gasteiger partial charge in [0.2, 0.25) is 0 Å². The molecule has 2 aromatic carbocycles. The molecule has 6 rings (SSSR count). The van der Waals surface area contributed by atoms with Crippen molar-refractivity contribution in [3.63, 3.8) is 0 Å². The third kappa shape index (κ3) is 3.34. The first kappa shape index (κ1) is 22.2. The smallest absolute Gasteiger partial charge is 0.263 e. The molecule has 1 saturated carbocycles. The Bertz CT molecular complexity index is 1720. The highest BCUT2D eigenvalue weighted by molar-refractivity contribution is 5.94. The van der Waals surface area contributed by atoms with Crippen LogP contribution in [0.15, 0.2) is 59.8 Å². The lowest BCUT2D eigenvalue weighted by atomic mass is 9.76. The maximum atomic E-state index is 14.6. The van der Waals surface area contributed by atoms with E-state index >= 15 is 0 Å². The summed E-state index contributed by atoms with van der Waals surface area (Å²) in [4.78, 5) is 22.7. The summed E-state index contributed by atoms with van der Waals surface area (Å²) in [6.45, 7) is 2.21. The average Bonchev–Trinajstić information content (AvgIpc) is 3.24. The highest BCUT2D eigenvalue weighted by Gasteiger charge is 2.31. The molecule has 0 atom stereocenters. The number of nitrogens with two attached hydrogens (primary N) is 1. The summed E-state index contributed by atoms with van der Waals surface area (Å²) in [5.74, 6) is 1.17. The molecule has 1 aliphatic rings. The second-order valence-electron chi connectivity index (χ2n) is 9.35. The Morgan fingerprint density at radius 1 is 1.11 bits per heavy atom. The number of imidazole rings is 1. The lowest BCUT2D eigenvalue weighted by Crippen LogP contribution is -2.21. The van der Waals surface area contributed by atoms with Crippen molar-refractivity contribution in [2.24, 2.45) is 5.92 Å². The topological polar surface area (TPSA) is 87.4 Å². The molecule has 3 aromatic heterocycles. The highest BCUT2D eigenvalue weighted by atomic mass is 19.1. The van der Waals surface area contributed by atoms with Crippen LogP contribution >= 0.6 is 0 Å². The number of aromatic nitrogens is 4. The summed E-state index contributed by atoms with van der Waals surface area (Å²) >= 11 is 0. The Morgan fingerprint density at radius 3 is 2.67 bits per heavy atom. The largest absolute Gasteiger partial charge is 0.495 e. The van der Waals surface area contributed by atoms with Crippen molar-refractivity contribution in [2.45, 2.75) is 25.7 Å². The van der Waals surface area contributed by atoms with E-state index in [4.69, 9.17) is 15.5 Å². The maximum absolute atomic E-state index is 14.6. The van der Waals surface area contributed by atoms with Gasteiger partial charge < -0.3 is 10.5 Å². The van der Waals surface area contributed by atoms with Crippen LogP contribution in [0.4, 0.5) is 14.6 Å². The van der Waals surface area contributed by atoms with Crippen LogP contribution in [0.2, 0.25) is 0 Å². The molecule has 182 valence electrons. The minimum absolute atomic E-state index is 0.201.